The third-order valence-corrected chi connectivity index (χ3v) is 4.84. The number of hydrogen-bond acceptors (Lipinski definition) is 4. The van der Waals surface area contributed by atoms with Gasteiger partial charge >= 0.3 is 0 Å². The van der Waals surface area contributed by atoms with Crippen molar-refractivity contribution in [1.29, 1.82) is 0 Å². The largest absolute Gasteiger partial charge is 0.313 e. The van der Waals surface area contributed by atoms with E-state index in [1.807, 2.05) is 0 Å². The first-order valence-corrected chi connectivity index (χ1v) is 8.66. The number of aromatic nitrogens is 1. The maximum Gasteiger partial charge on any atom is 0.107 e. The van der Waals surface area contributed by atoms with Crippen molar-refractivity contribution >= 4 is 11.3 Å². The molecule has 3 nitrogen and oxygen atoms in total. The van der Waals surface area contributed by atoms with Crippen LogP contribution in [0.1, 0.15) is 58.2 Å². The molecule has 114 valence electrons. The topological polar surface area (TPSA) is 28.2 Å². The Bertz CT molecular complexity index is 414. The van der Waals surface area contributed by atoms with Gasteiger partial charge in [0.2, 0.25) is 0 Å². The highest BCUT2D eigenvalue weighted by Gasteiger charge is 2.22. The average molecular weight is 295 g/mol. The van der Waals surface area contributed by atoms with E-state index in [1.54, 1.807) is 11.3 Å². The van der Waals surface area contributed by atoms with Crippen molar-refractivity contribution in [2.45, 2.75) is 71.5 Å². The van der Waals surface area contributed by atoms with E-state index in [9.17, 15) is 0 Å². The molecule has 1 unspecified atom stereocenters. The highest BCUT2D eigenvalue weighted by molar-refractivity contribution is 7.09. The zero-order valence-corrected chi connectivity index (χ0v) is 14.4. The Hall–Kier alpha value is -0.450. The van der Waals surface area contributed by atoms with E-state index in [0.29, 0.717) is 12.1 Å². The molecule has 0 aliphatic carbocycles. The van der Waals surface area contributed by atoms with Gasteiger partial charge < -0.3 is 5.32 Å². The van der Waals surface area contributed by atoms with Crippen molar-refractivity contribution in [3.8, 4) is 0 Å². The minimum absolute atomic E-state index is 0.157. The van der Waals surface area contributed by atoms with Gasteiger partial charge in [0.25, 0.3) is 0 Å². The summed E-state index contributed by atoms with van der Waals surface area (Å²) in [5.74, 6) is 0. The molecule has 1 N–H and O–H groups in total. The summed E-state index contributed by atoms with van der Waals surface area (Å²) in [5.41, 5.74) is 1.38. The molecule has 0 amide bonds. The number of hydrogen-bond donors (Lipinski definition) is 1. The third kappa shape index (κ3) is 4.27. The molecule has 0 spiro atoms. The Morgan fingerprint density at radius 3 is 2.70 bits per heavy atom. The van der Waals surface area contributed by atoms with Crippen LogP contribution in [0.2, 0.25) is 0 Å². The summed E-state index contributed by atoms with van der Waals surface area (Å²) in [6, 6.07) is 1.24. The zero-order chi connectivity index (χ0) is 14.8. The van der Waals surface area contributed by atoms with Crippen molar-refractivity contribution in [3.63, 3.8) is 0 Å². The SMILES string of the molecule is CC(C)N(Cc1nc(C(C)(C)C)cs1)CC1CCCN1. The van der Waals surface area contributed by atoms with Gasteiger partial charge in [0, 0.05) is 29.4 Å². The van der Waals surface area contributed by atoms with Gasteiger partial charge in [-0.15, -0.1) is 11.3 Å². The zero-order valence-electron chi connectivity index (χ0n) is 13.6. The second-order valence-corrected chi connectivity index (χ2v) is 8.14. The van der Waals surface area contributed by atoms with Gasteiger partial charge in [-0.2, -0.15) is 0 Å². The molecule has 1 fully saturated rings. The molecule has 1 atom stereocenters. The average Bonchev–Trinajstić information content (AvgIpc) is 2.97. The summed E-state index contributed by atoms with van der Waals surface area (Å²) in [5, 5.41) is 7.07. The summed E-state index contributed by atoms with van der Waals surface area (Å²) >= 11 is 1.81. The van der Waals surface area contributed by atoms with Crippen molar-refractivity contribution in [2.75, 3.05) is 13.1 Å². The quantitative estimate of drug-likeness (QED) is 0.902. The maximum absolute atomic E-state index is 4.83. The minimum atomic E-state index is 0.157. The van der Waals surface area contributed by atoms with Crippen LogP contribution in [0.4, 0.5) is 0 Å². The van der Waals surface area contributed by atoms with Gasteiger partial charge in [0.15, 0.2) is 0 Å². The normalized spacial score (nSPS) is 20.2. The van der Waals surface area contributed by atoms with Crippen LogP contribution in [-0.4, -0.2) is 35.1 Å². The van der Waals surface area contributed by atoms with Crippen LogP contribution in [0, 0.1) is 0 Å². The lowest BCUT2D eigenvalue weighted by molar-refractivity contribution is 0.193. The fraction of sp³-hybridized carbons (Fsp3) is 0.812. The molecule has 2 rings (SSSR count). The van der Waals surface area contributed by atoms with Gasteiger partial charge in [-0.3, -0.25) is 4.90 Å². The second-order valence-electron chi connectivity index (χ2n) is 7.19. The fourth-order valence-electron chi connectivity index (χ4n) is 2.56. The molecule has 4 heteroatoms. The molecule has 0 radical (unpaired) electrons. The maximum atomic E-state index is 4.83. The molecule has 0 saturated carbocycles. The van der Waals surface area contributed by atoms with Crippen LogP contribution in [0.3, 0.4) is 0 Å². The molecule has 1 aliphatic heterocycles. The van der Waals surface area contributed by atoms with Crippen molar-refractivity contribution in [2.24, 2.45) is 0 Å². The summed E-state index contributed by atoms with van der Waals surface area (Å²) in [6.45, 7) is 14.6. The fourth-order valence-corrected chi connectivity index (χ4v) is 3.60. The Morgan fingerprint density at radius 2 is 2.20 bits per heavy atom. The van der Waals surface area contributed by atoms with E-state index < -0.39 is 0 Å². The Balaban J connectivity index is 1.98. The number of thiazole rings is 1. The van der Waals surface area contributed by atoms with E-state index in [4.69, 9.17) is 4.98 Å². The highest BCUT2D eigenvalue weighted by Crippen LogP contribution is 2.25. The number of nitrogens with zero attached hydrogens (tertiary/aromatic N) is 2. The monoisotopic (exact) mass is 295 g/mol. The van der Waals surface area contributed by atoms with E-state index in [0.717, 1.165) is 13.1 Å². The van der Waals surface area contributed by atoms with Crippen LogP contribution in [-0.2, 0) is 12.0 Å². The molecule has 2 heterocycles. The van der Waals surface area contributed by atoms with E-state index in [-0.39, 0.29) is 5.41 Å². The van der Waals surface area contributed by atoms with Crippen molar-refractivity contribution in [3.05, 3.63) is 16.1 Å². The smallest absolute Gasteiger partial charge is 0.107 e. The predicted molar refractivity (Wildman–Crippen MR) is 87.4 cm³/mol. The van der Waals surface area contributed by atoms with E-state index >= 15 is 0 Å². The van der Waals surface area contributed by atoms with Gasteiger partial charge in [0.1, 0.15) is 5.01 Å². The first-order valence-electron chi connectivity index (χ1n) is 7.78. The van der Waals surface area contributed by atoms with E-state index in [2.05, 4.69) is 50.2 Å². The van der Waals surface area contributed by atoms with Gasteiger partial charge in [0.05, 0.1) is 12.2 Å². The Labute approximate surface area is 127 Å². The van der Waals surface area contributed by atoms with Crippen LogP contribution in [0.15, 0.2) is 5.38 Å². The van der Waals surface area contributed by atoms with Crippen LogP contribution < -0.4 is 5.32 Å². The Morgan fingerprint density at radius 1 is 1.45 bits per heavy atom. The predicted octanol–water partition coefficient (Wildman–Crippen LogP) is 3.40. The standard InChI is InChI=1S/C16H29N3S/c1-12(2)19(9-13-7-6-8-17-13)10-15-18-14(11-20-15)16(3,4)5/h11-13,17H,6-10H2,1-5H3. The Kier molecular flexibility index (Phi) is 5.21. The first-order chi connectivity index (χ1) is 9.36. The van der Waals surface area contributed by atoms with Crippen molar-refractivity contribution in [1.82, 2.24) is 15.2 Å². The molecular weight excluding hydrogens is 266 g/mol. The second kappa shape index (κ2) is 6.54. The van der Waals surface area contributed by atoms with Gasteiger partial charge in [-0.05, 0) is 33.2 Å². The van der Waals surface area contributed by atoms with Gasteiger partial charge in [-0.1, -0.05) is 20.8 Å². The summed E-state index contributed by atoms with van der Waals surface area (Å²) in [4.78, 5) is 7.38. The lowest BCUT2D eigenvalue weighted by Crippen LogP contribution is -2.40. The number of nitrogens with one attached hydrogen (secondary N) is 1. The number of rotatable bonds is 5. The van der Waals surface area contributed by atoms with Crippen molar-refractivity contribution < 1.29 is 0 Å². The lowest BCUT2D eigenvalue weighted by Gasteiger charge is -2.28. The van der Waals surface area contributed by atoms with Gasteiger partial charge in [-0.25, -0.2) is 4.98 Å². The van der Waals surface area contributed by atoms with Crippen LogP contribution in [0.5, 0.6) is 0 Å². The molecule has 1 aromatic heterocycles. The third-order valence-electron chi connectivity index (χ3n) is 4.01. The first kappa shape index (κ1) is 15.9. The van der Waals surface area contributed by atoms with Crippen LogP contribution in [0.25, 0.3) is 0 Å². The minimum Gasteiger partial charge on any atom is -0.313 e. The van der Waals surface area contributed by atoms with E-state index in [1.165, 1.54) is 30.1 Å². The molecule has 0 aromatic carbocycles. The molecule has 0 bridgehead atoms. The molecule has 1 aliphatic rings. The summed E-state index contributed by atoms with van der Waals surface area (Å²) < 4.78 is 0. The molecule has 1 aromatic rings. The highest BCUT2D eigenvalue weighted by atomic mass is 32.1. The summed E-state index contributed by atoms with van der Waals surface area (Å²) in [7, 11) is 0. The van der Waals surface area contributed by atoms with Crippen LogP contribution >= 0.6 is 11.3 Å². The summed E-state index contributed by atoms with van der Waals surface area (Å²) in [6.07, 6.45) is 2.64. The molecule has 1 saturated heterocycles. The molecule has 20 heavy (non-hydrogen) atoms. The molecular formula is C16H29N3S. The lowest BCUT2D eigenvalue weighted by atomic mass is 9.93.